The van der Waals surface area contributed by atoms with Crippen molar-refractivity contribution < 1.29 is 9.59 Å². The van der Waals surface area contributed by atoms with Gasteiger partial charge in [-0.2, -0.15) is 0 Å². The quantitative estimate of drug-likeness (QED) is 0.831. The van der Waals surface area contributed by atoms with Crippen LogP contribution in [0.3, 0.4) is 0 Å². The molecule has 5 heteroatoms. The predicted octanol–water partition coefficient (Wildman–Crippen LogP) is 2.46. The van der Waals surface area contributed by atoms with Crippen molar-refractivity contribution in [1.29, 1.82) is 0 Å². The first kappa shape index (κ1) is 18.9. The minimum absolute atomic E-state index is 0.137. The monoisotopic (exact) mass is 357 g/mol. The summed E-state index contributed by atoms with van der Waals surface area (Å²) < 4.78 is 0. The number of aryl methyl sites for hydroxylation is 1. The van der Waals surface area contributed by atoms with Crippen LogP contribution in [0.1, 0.15) is 43.9 Å². The van der Waals surface area contributed by atoms with E-state index in [0.717, 1.165) is 43.9 Å². The van der Waals surface area contributed by atoms with Crippen LogP contribution in [0.5, 0.6) is 0 Å². The maximum Gasteiger partial charge on any atom is 0.228 e. The molecule has 0 saturated carbocycles. The van der Waals surface area contributed by atoms with E-state index in [2.05, 4.69) is 30.9 Å². The molecule has 2 aliphatic rings. The molecule has 2 atom stereocenters. The van der Waals surface area contributed by atoms with E-state index in [-0.39, 0.29) is 23.8 Å². The summed E-state index contributed by atoms with van der Waals surface area (Å²) in [4.78, 5) is 32.2. The topological polar surface area (TPSA) is 43.9 Å². The van der Waals surface area contributed by atoms with Gasteiger partial charge in [-0.1, -0.05) is 31.2 Å². The molecule has 2 saturated heterocycles. The number of hydrogen-bond acceptors (Lipinski definition) is 3. The smallest absolute Gasteiger partial charge is 0.228 e. The standard InChI is InChI=1S/C21H31N3O2/c1-4-22-12-14-23(15-13-22)21(26)18-10-11-19(25)24(5-2)20(18)17-9-7-6-8-16(17)3/h6-9,18,20H,4-5,10-15H2,1-3H3/t18-,20+/m1/s1. The number of nitrogens with zero attached hydrogens (tertiary/aromatic N) is 3. The van der Waals surface area contributed by atoms with E-state index in [4.69, 9.17) is 0 Å². The molecule has 1 aromatic rings. The van der Waals surface area contributed by atoms with Crippen LogP contribution in [0.15, 0.2) is 24.3 Å². The highest BCUT2D eigenvalue weighted by molar-refractivity contribution is 5.85. The van der Waals surface area contributed by atoms with E-state index in [9.17, 15) is 9.59 Å². The van der Waals surface area contributed by atoms with E-state index in [1.54, 1.807) is 0 Å². The fraction of sp³-hybridized carbons (Fsp3) is 0.619. The van der Waals surface area contributed by atoms with Crippen molar-refractivity contribution in [3.63, 3.8) is 0 Å². The van der Waals surface area contributed by atoms with E-state index < -0.39 is 0 Å². The highest BCUT2D eigenvalue weighted by Crippen LogP contribution is 2.39. The second kappa shape index (κ2) is 8.21. The van der Waals surface area contributed by atoms with Crippen LogP contribution >= 0.6 is 0 Å². The minimum atomic E-state index is -0.140. The second-order valence-electron chi connectivity index (χ2n) is 7.39. The minimum Gasteiger partial charge on any atom is -0.340 e. The summed E-state index contributed by atoms with van der Waals surface area (Å²) in [5.74, 6) is 0.252. The fourth-order valence-electron chi connectivity index (χ4n) is 4.41. The lowest BCUT2D eigenvalue weighted by Crippen LogP contribution is -2.54. The third-order valence-electron chi connectivity index (χ3n) is 6.00. The van der Waals surface area contributed by atoms with E-state index in [0.29, 0.717) is 19.4 Å². The highest BCUT2D eigenvalue weighted by Gasteiger charge is 2.42. The average Bonchev–Trinajstić information content (AvgIpc) is 2.67. The maximum atomic E-state index is 13.4. The average molecular weight is 357 g/mol. The molecule has 2 fully saturated rings. The van der Waals surface area contributed by atoms with Gasteiger partial charge in [-0.3, -0.25) is 9.59 Å². The molecule has 1 aromatic carbocycles. The van der Waals surface area contributed by atoms with Crippen LogP contribution in [0.25, 0.3) is 0 Å². The van der Waals surface area contributed by atoms with E-state index in [1.165, 1.54) is 0 Å². The maximum absolute atomic E-state index is 13.4. The molecule has 3 rings (SSSR count). The van der Waals surface area contributed by atoms with Gasteiger partial charge in [0.25, 0.3) is 0 Å². The first-order valence-corrected chi connectivity index (χ1v) is 9.93. The van der Waals surface area contributed by atoms with Crippen molar-refractivity contribution in [1.82, 2.24) is 14.7 Å². The molecule has 142 valence electrons. The summed E-state index contributed by atoms with van der Waals surface area (Å²) in [6, 6.07) is 8.04. The number of piperidine rings is 1. The lowest BCUT2D eigenvalue weighted by Gasteiger charge is -2.44. The molecule has 2 amide bonds. The number of amides is 2. The Kier molecular flexibility index (Phi) is 5.97. The first-order valence-electron chi connectivity index (χ1n) is 9.93. The molecular formula is C21H31N3O2. The second-order valence-corrected chi connectivity index (χ2v) is 7.39. The number of carbonyl (C=O) groups excluding carboxylic acids is 2. The van der Waals surface area contributed by atoms with Crippen molar-refractivity contribution in [2.24, 2.45) is 5.92 Å². The number of likely N-dealkylation sites (N-methyl/N-ethyl adjacent to an activating group) is 1. The summed E-state index contributed by atoms with van der Waals surface area (Å²) >= 11 is 0. The Morgan fingerprint density at radius 1 is 1.08 bits per heavy atom. The molecule has 0 radical (unpaired) electrons. The molecule has 0 spiro atoms. The van der Waals surface area contributed by atoms with Crippen LogP contribution in [-0.2, 0) is 9.59 Å². The number of carbonyl (C=O) groups is 2. The molecule has 0 bridgehead atoms. The third kappa shape index (κ3) is 3.63. The van der Waals surface area contributed by atoms with Crippen molar-refractivity contribution in [2.45, 2.75) is 39.7 Å². The Morgan fingerprint density at radius 2 is 1.77 bits per heavy atom. The molecule has 0 unspecified atom stereocenters. The zero-order chi connectivity index (χ0) is 18.7. The van der Waals surface area contributed by atoms with Gasteiger partial charge in [-0.05, 0) is 37.9 Å². The molecule has 0 N–H and O–H groups in total. The molecule has 2 aliphatic heterocycles. The van der Waals surface area contributed by atoms with Gasteiger partial charge < -0.3 is 14.7 Å². The molecule has 26 heavy (non-hydrogen) atoms. The largest absolute Gasteiger partial charge is 0.340 e. The van der Waals surface area contributed by atoms with Gasteiger partial charge in [0.05, 0.1) is 12.0 Å². The van der Waals surface area contributed by atoms with Crippen LogP contribution in [0, 0.1) is 12.8 Å². The van der Waals surface area contributed by atoms with Gasteiger partial charge in [-0.15, -0.1) is 0 Å². The summed E-state index contributed by atoms with van der Waals surface area (Å²) in [5.41, 5.74) is 2.27. The first-order chi connectivity index (χ1) is 12.6. The number of rotatable bonds is 4. The summed E-state index contributed by atoms with van der Waals surface area (Å²) in [6.07, 6.45) is 1.13. The van der Waals surface area contributed by atoms with Crippen LogP contribution in [-0.4, -0.2) is 65.8 Å². The van der Waals surface area contributed by atoms with Crippen LogP contribution < -0.4 is 0 Å². The predicted molar refractivity (Wildman–Crippen MR) is 103 cm³/mol. The van der Waals surface area contributed by atoms with Crippen molar-refractivity contribution >= 4 is 11.8 Å². The lowest BCUT2D eigenvalue weighted by atomic mass is 9.81. The zero-order valence-corrected chi connectivity index (χ0v) is 16.3. The fourth-order valence-corrected chi connectivity index (χ4v) is 4.41. The van der Waals surface area contributed by atoms with Gasteiger partial charge in [0.15, 0.2) is 0 Å². The van der Waals surface area contributed by atoms with E-state index in [1.807, 2.05) is 28.9 Å². The summed E-state index contributed by atoms with van der Waals surface area (Å²) in [7, 11) is 0. The Hall–Kier alpha value is -1.88. The Labute approximate surface area is 156 Å². The Balaban J connectivity index is 1.87. The Morgan fingerprint density at radius 3 is 2.38 bits per heavy atom. The SMILES string of the molecule is CCN1CCN(C(=O)[C@@H]2CCC(=O)N(CC)[C@H]2c2ccccc2C)CC1. The molecular weight excluding hydrogens is 326 g/mol. The van der Waals surface area contributed by atoms with Gasteiger partial charge in [0.2, 0.25) is 11.8 Å². The highest BCUT2D eigenvalue weighted by atomic mass is 16.2. The molecule has 5 nitrogen and oxygen atoms in total. The number of hydrogen-bond donors (Lipinski definition) is 0. The van der Waals surface area contributed by atoms with Crippen molar-refractivity contribution in [2.75, 3.05) is 39.3 Å². The van der Waals surface area contributed by atoms with Crippen LogP contribution in [0.2, 0.25) is 0 Å². The van der Waals surface area contributed by atoms with E-state index >= 15 is 0 Å². The number of likely N-dealkylation sites (tertiary alicyclic amines) is 1. The van der Waals surface area contributed by atoms with Gasteiger partial charge >= 0.3 is 0 Å². The van der Waals surface area contributed by atoms with Crippen molar-refractivity contribution in [3.8, 4) is 0 Å². The summed E-state index contributed by atoms with van der Waals surface area (Å²) in [5, 5.41) is 0. The number of piperazine rings is 1. The molecule has 2 heterocycles. The zero-order valence-electron chi connectivity index (χ0n) is 16.3. The van der Waals surface area contributed by atoms with Gasteiger partial charge in [0, 0.05) is 39.1 Å². The van der Waals surface area contributed by atoms with Gasteiger partial charge in [-0.25, -0.2) is 0 Å². The molecule has 0 aromatic heterocycles. The van der Waals surface area contributed by atoms with Gasteiger partial charge in [0.1, 0.15) is 0 Å². The lowest BCUT2D eigenvalue weighted by molar-refractivity contribution is -0.148. The molecule has 0 aliphatic carbocycles. The third-order valence-corrected chi connectivity index (χ3v) is 6.00. The van der Waals surface area contributed by atoms with Crippen molar-refractivity contribution in [3.05, 3.63) is 35.4 Å². The number of benzene rings is 1. The summed E-state index contributed by atoms with van der Waals surface area (Å²) in [6.45, 7) is 11.4. The van der Waals surface area contributed by atoms with Crippen LogP contribution in [0.4, 0.5) is 0 Å². The normalized spacial score (nSPS) is 24.8. The Bertz CT molecular complexity index is 652.